The molecule has 5 rings (SSSR count). The highest BCUT2D eigenvalue weighted by atomic mass is 32.1. The third kappa shape index (κ3) is 7.64. The van der Waals surface area contributed by atoms with E-state index in [4.69, 9.17) is 9.47 Å². The summed E-state index contributed by atoms with van der Waals surface area (Å²) in [7, 11) is 1.35. The van der Waals surface area contributed by atoms with Crippen LogP contribution in [-0.2, 0) is 16.0 Å². The second-order valence-corrected chi connectivity index (χ2v) is 11.3. The number of carbonyl (C=O) groups excluding carboxylic acids is 3. The summed E-state index contributed by atoms with van der Waals surface area (Å²) in [6.07, 6.45) is 2.70. The molecule has 3 aromatic carbocycles. The number of ketones is 1. The van der Waals surface area contributed by atoms with E-state index in [0.29, 0.717) is 48.1 Å². The monoisotopic (exact) mass is 582 g/mol. The first-order chi connectivity index (χ1) is 20.5. The minimum Gasteiger partial charge on any atom is -0.492 e. The van der Waals surface area contributed by atoms with E-state index in [1.54, 1.807) is 30.3 Å². The van der Waals surface area contributed by atoms with Gasteiger partial charge in [-0.25, -0.2) is 4.79 Å². The van der Waals surface area contributed by atoms with Crippen LogP contribution in [-0.4, -0.2) is 55.4 Å². The van der Waals surface area contributed by atoms with E-state index in [9.17, 15) is 14.4 Å². The van der Waals surface area contributed by atoms with Crippen molar-refractivity contribution in [2.75, 3.05) is 32.1 Å². The van der Waals surface area contributed by atoms with Crippen LogP contribution in [0.15, 0.2) is 96.4 Å². The van der Waals surface area contributed by atoms with Crippen LogP contribution in [0.25, 0.3) is 0 Å². The van der Waals surface area contributed by atoms with E-state index >= 15 is 0 Å². The molecule has 0 bridgehead atoms. The van der Waals surface area contributed by atoms with Gasteiger partial charge in [-0.1, -0.05) is 60.7 Å². The molecule has 1 heterocycles. The van der Waals surface area contributed by atoms with Crippen LogP contribution in [0.4, 0.5) is 5.69 Å². The van der Waals surface area contributed by atoms with Crippen LogP contribution in [0.2, 0.25) is 0 Å². The molecule has 42 heavy (non-hydrogen) atoms. The van der Waals surface area contributed by atoms with E-state index in [1.807, 2.05) is 70.9 Å². The van der Waals surface area contributed by atoms with E-state index in [0.717, 1.165) is 17.0 Å². The van der Waals surface area contributed by atoms with Gasteiger partial charge in [-0.05, 0) is 60.0 Å². The van der Waals surface area contributed by atoms with Crippen molar-refractivity contribution in [2.24, 2.45) is 5.92 Å². The molecular formula is C34H34N2O5S. The fraction of sp³-hybridized carbons (Fsp3) is 0.265. The van der Waals surface area contributed by atoms with Crippen LogP contribution < -0.4 is 10.1 Å². The van der Waals surface area contributed by atoms with Gasteiger partial charge < -0.3 is 19.7 Å². The van der Waals surface area contributed by atoms with Crippen LogP contribution in [0, 0.1) is 5.92 Å². The number of nitrogens with one attached hydrogen (secondary N) is 1. The molecule has 1 atom stereocenters. The smallest absolute Gasteiger partial charge is 0.328 e. The van der Waals surface area contributed by atoms with Crippen molar-refractivity contribution in [3.63, 3.8) is 0 Å². The maximum Gasteiger partial charge on any atom is 0.328 e. The van der Waals surface area contributed by atoms with Crippen LogP contribution >= 0.6 is 11.3 Å². The summed E-state index contributed by atoms with van der Waals surface area (Å²) in [5.41, 5.74) is 2.52. The fourth-order valence-electron chi connectivity index (χ4n) is 4.75. The SMILES string of the molecule is COC(=O)C(Cc1ccc(OCCN(CC2CC2)C(=O)c2cccs2)cc1)Nc1ccccc1C(=O)c1ccccc1. The van der Waals surface area contributed by atoms with E-state index < -0.39 is 12.0 Å². The highest BCUT2D eigenvalue weighted by Crippen LogP contribution is 2.30. The number of amides is 1. The Morgan fingerprint density at radius 2 is 1.67 bits per heavy atom. The number of hydrogen-bond donors (Lipinski definition) is 1. The van der Waals surface area contributed by atoms with E-state index in [-0.39, 0.29) is 11.7 Å². The Hall–Kier alpha value is -4.43. The van der Waals surface area contributed by atoms with Gasteiger partial charge in [-0.3, -0.25) is 9.59 Å². The third-order valence-electron chi connectivity index (χ3n) is 7.21. The van der Waals surface area contributed by atoms with Crippen molar-refractivity contribution < 1.29 is 23.9 Å². The predicted octanol–water partition coefficient (Wildman–Crippen LogP) is 6.11. The molecule has 8 heteroatoms. The number of thiophene rings is 1. The van der Waals surface area contributed by atoms with Crippen molar-refractivity contribution >= 4 is 34.7 Å². The topological polar surface area (TPSA) is 84.9 Å². The Kier molecular flexibility index (Phi) is 9.66. The minimum atomic E-state index is -0.703. The zero-order chi connectivity index (χ0) is 29.3. The number of benzene rings is 3. The Morgan fingerprint density at radius 1 is 0.929 bits per heavy atom. The molecule has 1 saturated carbocycles. The molecule has 4 aromatic rings. The van der Waals surface area contributed by atoms with Gasteiger partial charge in [0.1, 0.15) is 18.4 Å². The number of rotatable bonds is 14. The molecule has 1 aliphatic carbocycles. The lowest BCUT2D eigenvalue weighted by Gasteiger charge is -2.22. The van der Waals surface area contributed by atoms with Crippen molar-refractivity contribution in [2.45, 2.75) is 25.3 Å². The normalized spacial score (nSPS) is 13.2. The highest BCUT2D eigenvalue weighted by Gasteiger charge is 2.28. The van der Waals surface area contributed by atoms with Crippen LogP contribution in [0.3, 0.4) is 0 Å². The Bertz CT molecular complexity index is 1480. The Morgan fingerprint density at radius 3 is 2.36 bits per heavy atom. The molecule has 216 valence electrons. The first-order valence-electron chi connectivity index (χ1n) is 14.1. The summed E-state index contributed by atoms with van der Waals surface area (Å²) < 4.78 is 11.1. The number of para-hydroxylation sites is 1. The van der Waals surface area contributed by atoms with Crippen molar-refractivity contribution in [1.82, 2.24) is 4.90 Å². The molecule has 1 N–H and O–H groups in total. The number of methoxy groups -OCH3 is 1. The quantitative estimate of drug-likeness (QED) is 0.143. The Balaban J connectivity index is 1.20. The molecule has 1 aromatic heterocycles. The van der Waals surface area contributed by atoms with Gasteiger partial charge in [0, 0.05) is 29.8 Å². The van der Waals surface area contributed by atoms with Crippen molar-refractivity contribution in [3.05, 3.63) is 118 Å². The zero-order valence-corrected chi connectivity index (χ0v) is 24.3. The van der Waals surface area contributed by atoms with Crippen LogP contribution in [0.1, 0.15) is 44.0 Å². The summed E-state index contributed by atoms with van der Waals surface area (Å²) in [5.74, 6) is 0.785. The summed E-state index contributed by atoms with van der Waals surface area (Å²) >= 11 is 1.46. The first kappa shape index (κ1) is 29.1. The third-order valence-corrected chi connectivity index (χ3v) is 8.07. The molecule has 0 aliphatic heterocycles. The highest BCUT2D eigenvalue weighted by molar-refractivity contribution is 7.12. The molecule has 0 spiro atoms. The summed E-state index contributed by atoms with van der Waals surface area (Å²) in [6, 6.07) is 26.8. The lowest BCUT2D eigenvalue weighted by atomic mass is 10.00. The lowest BCUT2D eigenvalue weighted by Crippen LogP contribution is -2.35. The standard InChI is InChI=1S/C34H34N2O5S/c1-40-34(39)30(35-29-11-6-5-10-28(29)32(37)26-8-3-2-4-9-26)22-24-15-17-27(18-16-24)41-20-19-36(23-25-13-14-25)33(38)31-12-7-21-42-31/h2-12,15-18,21,25,30,35H,13-14,19-20,22-23H2,1H3. The fourth-order valence-corrected chi connectivity index (χ4v) is 5.44. The predicted molar refractivity (Wildman–Crippen MR) is 164 cm³/mol. The van der Waals surface area contributed by atoms with E-state index in [2.05, 4.69) is 5.32 Å². The van der Waals surface area contributed by atoms with Gasteiger partial charge in [0.25, 0.3) is 5.91 Å². The summed E-state index contributed by atoms with van der Waals surface area (Å²) in [5, 5.41) is 5.16. The molecule has 1 amide bonds. The number of carbonyl (C=O) groups is 3. The lowest BCUT2D eigenvalue weighted by molar-refractivity contribution is -0.141. The van der Waals surface area contributed by atoms with Crippen LogP contribution in [0.5, 0.6) is 5.75 Å². The second-order valence-electron chi connectivity index (χ2n) is 10.3. The van der Waals surface area contributed by atoms with E-state index in [1.165, 1.54) is 31.3 Å². The number of nitrogens with zero attached hydrogens (tertiary/aromatic N) is 1. The molecule has 1 aliphatic rings. The molecule has 1 unspecified atom stereocenters. The molecule has 0 saturated heterocycles. The van der Waals surface area contributed by atoms with Gasteiger partial charge in [0.05, 0.1) is 18.5 Å². The summed E-state index contributed by atoms with van der Waals surface area (Å²) in [6.45, 7) is 1.67. The molecule has 7 nitrogen and oxygen atoms in total. The largest absolute Gasteiger partial charge is 0.492 e. The van der Waals surface area contributed by atoms with Gasteiger partial charge in [0.2, 0.25) is 0 Å². The number of hydrogen-bond acceptors (Lipinski definition) is 7. The maximum absolute atomic E-state index is 13.2. The number of ether oxygens (including phenoxy) is 2. The molecule has 0 radical (unpaired) electrons. The average Bonchev–Trinajstić information content (AvgIpc) is 3.68. The number of anilines is 1. The minimum absolute atomic E-state index is 0.0595. The average molecular weight is 583 g/mol. The molecule has 1 fully saturated rings. The van der Waals surface area contributed by atoms with Crippen molar-refractivity contribution in [3.8, 4) is 5.75 Å². The Labute approximate surface area is 250 Å². The van der Waals surface area contributed by atoms with Crippen molar-refractivity contribution in [1.29, 1.82) is 0 Å². The van der Waals surface area contributed by atoms with Gasteiger partial charge >= 0.3 is 5.97 Å². The maximum atomic E-state index is 13.2. The van der Waals surface area contributed by atoms with Gasteiger partial charge in [-0.2, -0.15) is 0 Å². The number of esters is 1. The summed E-state index contributed by atoms with van der Waals surface area (Å²) in [4.78, 5) is 41.5. The first-order valence-corrected chi connectivity index (χ1v) is 15.0. The van der Waals surface area contributed by atoms with Gasteiger partial charge in [0.15, 0.2) is 5.78 Å². The zero-order valence-electron chi connectivity index (χ0n) is 23.5. The van der Waals surface area contributed by atoms with Gasteiger partial charge in [-0.15, -0.1) is 11.3 Å². The second kappa shape index (κ2) is 14.0. The molecular weight excluding hydrogens is 548 g/mol.